The lowest BCUT2D eigenvalue weighted by Crippen LogP contribution is -2.42. The highest BCUT2D eigenvalue weighted by Gasteiger charge is 2.28. The molecule has 0 bridgehead atoms. The molecule has 8 nitrogen and oxygen atoms in total. The first-order valence-electron chi connectivity index (χ1n) is 8.97. The molecule has 4 rings (SSSR count). The molecule has 1 aliphatic heterocycles. The van der Waals surface area contributed by atoms with E-state index in [9.17, 15) is 9.59 Å². The zero-order valence-electron chi connectivity index (χ0n) is 15.4. The van der Waals surface area contributed by atoms with Crippen molar-refractivity contribution in [3.8, 4) is 0 Å². The highest BCUT2D eigenvalue weighted by Crippen LogP contribution is 2.27. The number of hydrogen-bond donors (Lipinski definition) is 3. The highest BCUT2D eigenvalue weighted by molar-refractivity contribution is 6.11. The second-order valence-electron chi connectivity index (χ2n) is 6.60. The van der Waals surface area contributed by atoms with E-state index in [4.69, 9.17) is 5.41 Å². The Kier molecular flexibility index (Phi) is 4.52. The fourth-order valence-electron chi connectivity index (χ4n) is 3.33. The first-order valence-corrected chi connectivity index (χ1v) is 8.97. The standard InChI is InChI=1S/C20H20N6O2/c1-25-19(27)16(17(21)26-11-9-14-15(26)8-5-10-22-14)18(24-20(25)28)23-12-13-6-3-2-4-7-13/h2-8,10,21,23H,9,11-12H2,1H3,(H,24,28). The molecule has 0 saturated heterocycles. The lowest BCUT2D eigenvalue weighted by atomic mass is 10.2. The van der Waals surface area contributed by atoms with Gasteiger partial charge in [-0.1, -0.05) is 30.3 Å². The first kappa shape index (κ1) is 17.7. The van der Waals surface area contributed by atoms with Gasteiger partial charge in [0, 0.05) is 32.8 Å². The first-order chi connectivity index (χ1) is 13.6. The third-order valence-corrected chi connectivity index (χ3v) is 4.85. The third kappa shape index (κ3) is 3.09. The van der Waals surface area contributed by atoms with Crippen molar-refractivity contribution in [1.82, 2.24) is 14.5 Å². The fourth-order valence-corrected chi connectivity index (χ4v) is 3.33. The van der Waals surface area contributed by atoms with Gasteiger partial charge >= 0.3 is 5.69 Å². The summed E-state index contributed by atoms with van der Waals surface area (Å²) in [4.78, 5) is 33.8. The molecule has 0 fully saturated rings. The van der Waals surface area contributed by atoms with Crippen molar-refractivity contribution in [2.45, 2.75) is 13.0 Å². The molecule has 0 unspecified atom stereocenters. The SMILES string of the molecule is Cn1c(=O)[nH]c(NCc2ccccc2)c(C(=N)N2CCc3ncccc32)c1=O. The van der Waals surface area contributed by atoms with Crippen molar-refractivity contribution >= 4 is 17.3 Å². The Morgan fingerprint density at radius 3 is 2.79 bits per heavy atom. The molecule has 3 N–H and O–H groups in total. The number of benzene rings is 1. The number of nitrogens with one attached hydrogen (secondary N) is 3. The van der Waals surface area contributed by atoms with E-state index in [1.54, 1.807) is 11.1 Å². The normalized spacial score (nSPS) is 12.7. The molecular formula is C20H20N6O2. The van der Waals surface area contributed by atoms with E-state index >= 15 is 0 Å². The molecule has 0 atom stereocenters. The molecule has 1 aliphatic rings. The Morgan fingerprint density at radius 2 is 2.00 bits per heavy atom. The lowest BCUT2D eigenvalue weighted by Gasteiger charge is -2.22. The van der Waals surface area contributed by atoms with E-state index in [1.165, 1.54) is 7.05 Å². The van der Waals surface area contributed by atoms with Crippen LogP contribution in [0.1, 0.15) is 16.8 Å². The van der Waals surface area contributed by atoms with Crippen LogP contribution in [0.4, 0.5) is 11.5 Å². The molecule has 142 valence electrons. The molecule has 3 aromatic rings. The summed E-state index contributed by atoms with van der Waals surface area (Å²) in [6.45, 7) is 0.980. The van der Waals surface area contributed by atoms with Gasteiger partial charge in [0.25, 0.3) is 5.56 Å². The average Bonchev–Trinajstić information content (AvgIpc) is 3.15. The van der Waals surface area contributed by atoms with E-state index in [-0.39, 0.29) is 17.2 Å². The molecule has 3 heterocycles. The van der Waals surface area contributed by atoms with Gasteiger partial charge in [0.05, 0.1) is 11.4 Å². The van der Waals surface area contributed by atoms with Crippen LogP contribution >= 0.6 is 0 Å². The highest BCUT2D eigenvalue weighted by atomic mass is 16.2. The van der Waals surface area contributed by atoms with Gasteiger partial charge in [-0.05, 0) is 17.7 Å². The summed E-state index contributed by atoms with van der Waals surface area (Å²) in [6.07, 6.45) is 2.42. The molecule has 1 aromatic carbocycles. The predicted molar refractivity (Wildman–Crippen MR) is 108 cm³/mol. The Bertz CT molecular complexity index is 1150. The van der Waals surface area contributed by atoms with Crippen LogP contribution in [0.2, 0.25) is 0 Å². The number of rotatable bonds is 4. The summed E-state index contributed by atoms with van der Waals surface area (Å²) in [5, 5.41) is 11.8. The Morgan fingerprint density at radius 1 is 1.21 bits per heavy atom. The van der Waals surface area contributed by atoms with E-state index in [0.29, 0.717) is 19.5 Å². The van der Waals surface area contributed by atoms with Crippen molar-refractivity contribution in [2.24, 2.45) is 7.05 Å². The van der Waals surface area contributed by atoms with Crippen LogP contribution in [0.5, 0.6) is 0 Å². The van der Waals surface area contributed by atoms with E-state index < -0.39 is 11.2 Å². The number of aromatic nitrogens is 3. The van der Waals surface area contributed by atoms with Gasteiger partial charge in [-0.25, -0.2) is 4.79 Å². The Hall–Kier alpha value is -3.68. The van der Waals surface area contributed by atoms with Crippen LogP contribution in [0, 0.1) is 5.41 Å². The number of H-pyrrole nitrogens is 1. The Balaban J connectivity index is 1.73. The zero-order chi connectivity index (χ0) is 19.7. The van der Waals surface area contributed by atoms with Crippen LogP contribution in [0.3, 0.4) is 0 Å². The summed E-state index contributed by atoms with van der Waals surface area (Å²) in [7, 11) is 1.40. The van der Waals surface area contributed by atoms with Crippen molar-refractivity contribution in [3.05, 3.63) is 86.3 Å². The van der Waals surface area contributed by atoms with Gasteiger partial charge in [0.1, 0.15) is 17.2 Å². The number of nitrogens with zero attached hydrogens (tertiary/aromatic N) is 3. The maximum atomic E-state index is 12.9. The van der Waals surface area contributed by atoms with E-state index in [0.717, 1.165) is 21.5 Å². The number of anilines is 2. The second-order valence-corrected chi connectivity index (χ2v) is 6.60. The number of pyridine rings is 1. The van der Waals surface area contributed by atoms with Crippen molar-refractivity contribution in [2.75, 3.05) is 16.8 Å². The predicted octanol–water partition coefficient (Wildman–Crippen LogP) is 1.47. The van der Waals surface area contributed by atoms with Crippen LogP contribution in [0.25, 0.3) is 0 Å². The van der Waals surface area contributed by atoms with Crippen LogP contribution in [-0.4, -0.2) is 26.9 Å². The number of fused-ring (bicyclic) bond motifs is 1. The number of amidine groups is 1. The van der Waals surface area contributed by atoms with Crippen molar-refractivity contribution < 1.29 is 0 Å². The summed E-state index contributed by atoms with van der Waals surface area (Å²) in [6, 6.07) is 13.3. The van der Waals surface area contributed by atoms with E-state index in [2.05, 4.69) is 15.3 Å². The molecule has 8 heteroatoms. The monoisotopic (exact) mass is 376 g/mol. The molecule has 0 amide bonds. The molecule has 0 spiro atoms. The minimum absolute atomic E-state index is 0.0409. The van der Waals surface area contributed by atoms with Crippen LogP contribution in [-0.2, 0) is 20.0 Å². The van der Waals surface area contributed by atoms with Gasteiger partial charge in [0.2, 0.25) is 0 Å². The zero-order valence-corrected chi connectivity index (χ0v) is 15.4. The molecular weight excluding hydrogens is 356 g/mol. The van der Waals surface area contributed by atoms with Crippen LogP contribution in [0.15, 0.2) is 58.3 Å². The molecule has 0 saturated carbocycles. The molecule has 28 heavy (non-hydrogen) atoms. The van der Waals surface area contributed by atoms with Crippen molar-refractivity contribution in [3.63, 3.8) is 0 Å². The Labute approximate surface area is 161 Å². The maximum absolute atomic E-state index is 12.9. The average molecular weight is 376 g/mol. The van der Waals surface area contributed by atoms with Crippen molar-refractivity contribution in [1.29, 1.82) is 5.41 Å². The maximum Gasteiger partial charge on any atom is 0.329 e. The van der Waals surface area contributed by atoms with E-state index in [1.807, 2.05) is 42.5 Å². The van der Waals surface area contributed by atoms with Gasteiger partial charge in [-0.2, -0.15) is 0 Å². The lowest BCUT2D eigenvalue weighted by molar-refractivity contribution is 0.771. The summed E-state index contributed by atoms with van der Waals surface area (Å²) < 4.78 is 0.984. The van der Waals surface area contributed by atoms with Crippen LogP contribution < -0.4 is 21.5 Å². The minimum Gasteiger partial charge on any atom is -0.367 e. The smallest absolute Gasteiger partial charge is 0.329 e. The molecule has 0 radical (unpaired) electrons. The second kappa shape index (κ2) is 7.15. The minimum atomic E-state index is -0.527. The number of aromatic amines is 1. The quantitative estimate of drug-likeness (QED) is 0.472. The van der Waals surface area contributed by atoms with Gasteiger partial charge in [0.15, 0.2) is 0 Å². The van der Waals surface area contributed by atoms with Gasteiger partial charge < -0.3 is 10.2 Å². The van der Waals surface area contributed by atoms with Gasteiger partial charge in [-0.3, -0.25) is 24.7 Å². The summed E-state index contributed by atoms with van der Waals surface area (Å²) in [5.41, 5.74) is 1.80. The largest absolute Gasteiger partial charge is 0.367 e. The third-order valence-electron chi connectivity index (χ3n) is 4.85. The molecule has 0 aliphatic carbocycles. The summed E-state index contributed by atoms with van der Waals surface area (Å²) >= 11 is 0. The number of hydrogen-bond acceptors (Lipinski definition) is 5. The molecule has 2 aromatic heterocycles. The topological polar surface area (TPSA) is 107 Å². The fraction of sp³-hybridized carbons (Fsp3) is 0.200. The van der Waals surface area contributed by atoms with Gasteiger partial charge in [-0.15, -0.1) is 0 Å². The summed E-state index contributed by atoms with van der Waals surface area (Å²) in [5.74, 6) is 0.290.